The van der Waals surface area contributed by atoms with E-state index < -0.39 is 0 Å². The Hall–Kier alpha value is -2.30. The number of aryl methyl sites for hydroxylation is 1. The zero-order chi connectivity index (χ0) is 13.1. The van der Waals surface area contributed by atoms with E-state index >= 15 is 0 Å². The number of carbonyl (C=O) groups is 1. The van der Waals surface area contributed by atoms with E-state index in [1.54, 1.807) is 24.2 Å². The fourth-order valence-electron chi connectivity index (χ4n) is 1.62. The number of nitrogen functional groups attached to an aromatic ring is 1. The Morgan fingerprint density at radius 3 is 2.56 bits per heavy atom. The molecule has 0 aliphatic carbocycles. The summed E-state index contributed by atoms with van der Waals surface area (Å²) in [5.74, 6) is 0.378. The van der Waals surface area contributed by atoms with Crippen LogP contribution in [-0.4, -0.2) is 22.7 Å². The fourth-order valence-corrected chi connectivity index (χ4v) is 1.62. The molecule has 0 spiro atoms. The van der Waals surface area contributed by atoms with Crippen molar-refractivity contribution in [2.45, 2.75) is 13.5 Å². The van der Waals surface area contributed by atoms with Crippen LogP contribution in [0.3, 0.4) is 0 Å². The number of nitrogens with zero attached hydrogens (tertiary/aromatic N) is 3. The van der Waals surface area contributed by atoms with Crippen LogP contribution in [0.5, 0.6) is 0 Å². The Morgan fingerprint density at radius 1 is 1.33 bits per heavy atom. The van der Waals surface area contributed by atoms with Crippen molar-refractivity contribution in [2.75, 3.05) is 17.7 Å². The van der Waals surface area contributed by atoms with Crippen LogP contribution in [0, 0.1) is 6.92 Å². The van der Waals surface area contributed by atoms with Gasteiger partial charge >= 0.3 is 0 Å². The maximum Gasteiger partial charge on any atom is 0.248 e. The topological polar surface area (TPSA) is 64.2 Å². The molecule has 0 fully saturated rings. The smallest absolute Gasteiger partial charge is 0.248 e. The lowest BCUT2D eigenvalue weighted by atomic mass is 10.2. The molecular weight excluding hydrogens is 228 g/mol. The molecule has 18 heavy (non-hydrogen) atoms. The van der Waals surface area contributed by atoms with E-state index in [1.165, 1.54) is 10.2 Å². The summed E-state index contributed by atoms with van der Waals surface area (Å²) in [7, 11) is 1.75. The minimum Gasteiger partial charge on any atom is -0.382 e. The number of aromatic nitrogens is 2. The second-order valence-electron chi connectivity index (χ2n) is 4.23. The van der Waals surface area contributed by atoms with Crippen molar-refractivity contribution in [1.82, 2.24) is 9.78 Å². The lowest BCUT2D eigenvalue weighted by Gasteiger charge is -2.17. The summed E-state index contributed by atoms with van der Waals surface area (Å²) < 4.78 is 1.53. The van der Waals surface area contributed by atoms with Crippen molar-refractivity contribution >= 4 is 17.4 Å². The molecule has 5 nitrogen and oxygen atoms in total. The van der Waals surface area contributed by atoms with E-state index in [2.05, 4.69) is 5.10 Å². The standard InChI is InChI=1S/C13H16N4O/c1-10-3-5-11(6-4-10)16(2)13(18)9-17-8-7-12(14)15-17/h3-8H,9H2,1-2H3,(H2,14,15). The van der Waals surface area contributed by atoms with Crippen LogP contribution in [0.1, 0.15) is 5.56 Å². The van der Waals surface area contributed by atoms with Gasteiger partial charge in [0, 0.05) is 18.9 Å². The maximum absolute atomic E-state index is 12.0. The zero-order valence-electron chi connectivity index (χ0n) is 10.5. The predicted octanol–water partition coefficient (Wildman–Crippen LogP) is 1.44. The molecule has 0 unspecified atom stereocenters. The van der Waals surface area contributed by atoms with Crippen LogP contribution in [0.25, 0.3) is 0 Å². The van der Waals surface area contributed by atoms with Crippen LogP contribution >= 0.6 is 0 Å². The first kappa shape index (κ1) is 12.2. The van der Waals surface area contributed by atoms with Crippen molar-refractivity contribution in [3.63, 3.8) is 0 Å². The van der Waals surface area contributed by atoms with Crippen molar-refractivity contribution in [1.29, 1.82) is 0 Å². The van der Waals surface area contributed by atoms with E-state index in [4.69, 9.17) is 5.73 Å². The molecule has 0 radical (unpaired) electrons. The summed E-state index contributed by atoms with van der Waals surface area (Å²) in [5.41, 5.74) is 7.53. The van der Waals surface area contributed by atoms with Crippen LogP contribution in [0.2, 0.25) is 0 Å². The molecule has 1 heterocycles. The van der Waals surface area contributed by atoms with Gasteiger partial charge in [-0.2, -0.15) is 5.10 Å². The first-order valence-corrected chi connectivity index (χ1v) is 5.68. The highest BCUT2D eigenvalue weighted by atomic mass is 16.2. The summed E-state index contributed by atoms with van der Waals surface area (Å²) in [6.07, 6.45) is 1.69. The third-order valence-corrected chi connectivity index (χ3v) is 2.75. The van der Waals surface area contributed by atoms with Crippen molar-refractivity contribution in [3.05, 3.63) is 42.1 Å². The van der Waals surface area contributed by atoms with E-state index in [0.29, 0.717) is 5.82 Å². The Balaban J connectivity index is 2.07. The van der Waals surface area contributed by atoms with Gasteiger partial charge in [0.25, 0.3) is 0 Å². The number of rotatable bonds is 3. The van der Waals surface area contributed by atoms with Gasteiger partial charge in [0.05, 0.1) is 0 Å². The number of carbonyl (C=O) groups excluding carboxylic acids is 1. The zero-order valence-corrected chi connectivity index (χ0v) is 10.5. The predicted molar refractivity (Wildman–Crippen MR) is 71.2 cm³/mol. The lowest BCUT2D eigenvalue weighted by Crippen LogP contribution is -2.30. The van der Waals surface area contributed by atoms with Crippen LogP contribution < -0.4 is 10.6 Å². The largest absolute Gasteiger partial charge is 0.382 e. The number of likely N-dealkylation sites (N-methyl/N-ethyl adjacent to an activating group) is 1. The number of anilines is 2. The SMILES string of the molecule is Cc1ccc(N(C)C(=O)Cn2ccc(N)n2)cc1. The average molecular weight is 244 g/mol. The average Bonchev–Trinajstić information content (AvgIpc) is 2.75. The third kappa shape index (κ3) is 2.68. The number of hydrogen-bond donors (Lipinski definition) is 1. The maximum atomic E-state index is 12.0. The molecule has 1 amide bonds. The second kappa shape index (κ2) is 4.91. The highest BCUT2D eigenvalue weighted by Crippen LogP contribution is 2.13. The summed E-state index contributed by atoms with van der Waals surface area (Å²) in [6.45, 7) is 2.19. The van der Waals surface area contributed by atoms with Gasteiger partial charge in [-0.3, -0.25) is 9.48 Å². The van der Waals surface area contributed by atoms with Gasteiger partial charge < -0.3 is 10.6 Å². The van der Waals surface area contributed by atoms with Gasteiger partial charge in [0.1, 0.15) is 12.4 Å². The van der Waals surface area contributed by atoms with Crippen LogP contribution in [0.15, 0.2) is 36.5 Å². The Morgan fingerprint density at radius 2 is 2.00 bits per heavy atom. The minimum absolute atomic E-state index is 0.0399. The Bertz CT molecular complexity index is 544. The summed E-state index contributed by atoms with van der Waals surface area (Å²) >= 11 is 0. The van der Waals surface area contributed by atoms with E-state index in [1.807, 2.05) is 31.2 Å². The van der Waals surface area contributed by atoms with Crippen molar-refractivity contribution < 1.29 is 4.79 Å². The Labute approximate surface area is 106 Å². The van der Waals surface area contributed by atoms with Crippen LogP contribution in [0.4, 0.5) is 11.5 Å². The number of benzene rings is 1. The van der Waals surface area contributed by atoms with Crippen LogP contribution in [-0.2, 0) is 11.3 Å². The van der Waals surface area contributed by atoms with Gasteiger partial charge in [-0.25, -0.2) is 0 Å². The van der Waals surface area contributed by atoms with E-state index in [0.717, 1.165) is 5.69 Å². The van der Waals surface area contributed by atoms with E-state index in [-0.39, 0.29) is 12.5 Å². The second-order valence-corrected chi connectivity index (χ2v) is 4.23. The monoisotopic (exact) mass is 244 g/mol. The molecule has 2 N–H and O–H groups in total. The molecule has 0 atom stereocenters. The summed E-state index contributed by atoms with van der Waals surface area (Å²) in [4.78, 5) is 13.6. The normalized spacial score (nSPS) is 10.3. The quantitative estimate of drug-likeness (QED) is 0.888. The molecule has 2 rings (SSSR count). The van der Waals surface area contributed by atoms with Gasteiger partial charge in [-0.05, 0) is 25.1 Å². The Kier molecular flexibility index (Phi) is 3.32. The highest BCUT2D eigenvalue weighted by Gasteiger charge is 2.11. The molecular formula is C13H16N4O. The summed E-state index contributed by atoms with van der Waals surface area (Å²) in [6, 6.07) is 9.46. The third-order valence-electron chi connectivity index (χ3n) is 2.75. The molecule has 1 aromatic heterocycles. The van der Waals surface area contributed by atoms with Gasteiger partial charge in [-0.1, -0.05) is 17.7 Å². The number of amides is 1. The molecule has 0 aliphatic rings. The van der Waals surface area contributed by atoms with Crippen molar-refractivity contribution in [2.24, 2.45) is 0 Å². The first-order chi connectivity index (χ1) is 8.56. The molecule has 0 bridgehead atoms. The highest BCUT2D eigenvalue weighted by molar-refractivity contribution is 5.92. The molecule has 5 heteroatoms. The minimum atomic E-state index is -0.0399. The molecule has 0 saturated heterocycles. The molecule has 1 aromatic carbocycles. The molecule has 94 valence electrons. The summed E-state index contributed by atoms with van der Waals surface area (Å²) in [5, 5.41) is 3.99. The molecule has 0 saturated carbocycles. The first-order valence-electron chi connectivity index (χ1n) is 5.68. The van der Waals surface area contributed by atoms with Gasteiger partial charge in [0.15, 0.2) is 0 Å². The van der Waals surface area contributed by atoms with Crippen molar-refractivity contribution in [3.8, 4) is 0 Å². The van der Waals surface area contributed by atoms with Gasteiger partial charge in [-0.15, -0.1) is 0 Å². The van der Waals surface area contributed by atoms with E-state index in [9.17, 15) is 4.79 Å². The van der Waals surface area contributed by atoms with Gasteiger partial charge in [0.2, 0.25) is 5.91 Å². The number of hydrogen-bond acceptors (Lipinski definition) is 3. The molecule has 0 aliphatic heterocycles. The lowest BCUT2D eigenvalue weighted by molar-refractivity contribution is -0.119. The molecule has 2 aromatic rings. The fraction of sp³-hybridized carbons (Fsp3) is 0.231. The number of nitrogens with two attached hydrogens (primary N) is 1.